The molecule has 0 aliphatic rings. The molecule has 0 spiro atoms. The van der Waals surface area contributed by atoms with Crippen LogP contribution in [-0.2, 0) is 36.9 Å². The van der Waals surface area contributed by atoms with Crippen molar-refractivity contribution in [1.82, 2.24) is 16.0 Å². The molecule has 0 aliphatic heterocycles. The van der Waals surface area contributed by atoms with Gasteiger partial charge in [0.1, 0.15) is 18.7 Å². The van der Waals surface area contributed by atoms with Gasteiger partial charge < -0.3 is 37.3 Å². The maximum atomic E-state index is 12.6. The maximum Gasteiger partial charge on any atom is 0.408 e. The lowest BCUT2D eigenvalue weighted by atomic mass is 10.1. The van der Waals surface area contributed by atoms with Gasteiger partial charge in [0.15, 0.2) is 0 Å². The molecule has 0 aromatic heterocycles. The largest absolute Gasteiger partial charge is 0.480 e. The lowest BCUT2D eigenvalue weighted by Gasteiger charge is -2.19. The highest BCUT2D eigenvalue weighted by atomic mass is 16.5. The second kappa shape index (κ2) is 13.9. The summed E-state index contributed by atoms with van der Waals surface area (Å²) in [6.07, 6.45) is -1.22. The monoisotopic (exact) mass is 499 g/mol. The molecule has 4 amide bonds. The van der Waals surface area contributed by atoms with Crippen LogP contribution in [0, 0.1) is 0 Å². The van der Waals surface area contributed by atoms with Gasteiger partial charge in [-0.1, -0.05) is 42.5 Å². The van der Waals surface area contributed by atoms with Crippen molar-refractivity contribution < 1.29 is 33.8 Å². The Bertz CT molecular complexity index is 1060. The van der Waals surface area contributed by atoms with Crippen LogP contribution in [0.1, 0.15) is 24.0 Å². The molecule has 0 fully saturated rings. The number of nitrogens with one attached hydrogen (secondary N) is 3. The summed E-state index contributed by atoms with van der Waals surface area (Å²) in [5.74, 6) is -3.47. The number of hydrogen-bond acceptors (Lipinski definition) is 7. The summed E-state index contributed by atoms with van der Waals surface area (Å²) in [6.45, 7) is -0.595. The quantitative estimate of drug-likeness (QED) is 0.207. The topological polar surface area (TPSA) is 203 Å². The zero-order valence-electron chi connectivity index (χ0n) is 19.4. The van der Waals surface area contributed by atoms with Crippen molar-refractivity contribution >= 4 is 35.5 Å². The first-order valence-corrected chi connectivity index (χ1v) is 11.0. The molecule has 0 bridgehead atoms. The van der Waals surface area contributed by atoms with E-state index >= 15 is 0 Å². The number of carboxylic acid groups (broad SMARTS) is 1. The predicted octanol–water partition coefficient (Wildman–Crippen LogP) is 0.0574. The van der Waals surface area contributed by atoms with E-state index in [-0.39, 0.29) is 25.9 Å². The van der Waals surface area contributed by atoms with Gasteiger partial charge in [0.2, 0.25) is 17.7 Å². The number of rotatable bonds is 13. The zero-order valence-corrected chi connectivity index (χ0v) is 19.4. The number of anilines is 1. The number of nitrogen functional groups attached to an aromatic ring is 1. The maximum absolute atomic E-state index is 12.6. The molecule has 8 N–H and O–H groups in total. The summed E-state index contributed by atoms with van der Waals surface area (Å²) in [6, 6.07) is 12.9. The van der Waals surface area contributed by atoms with Gasteiger partial charge in [-0.15, -0.1) is 0 Å². The number of amides is 4. The minimum absolute atomic E-state index is 0.00530. The Kier molecular flexibility index (Phi) is 10.7. The molecule has 36 heavy (non-hydrogen) atoms. The van der Waals surface area contributed by atoms with Gasteiger partial charge in [0.05, 0.1) is 6.54 Å². The fraction of sp³-hybridized carbons (Fsp3) is 0.292. The Labute approximate surface area is 207 Å². The number of primary amides is 1. The summed E-state index contributed by atoms with van der Waals surface area (Å²) in [4.78, 5) is 59.7. The van der Waals surface area contributed by atoms with Crippen molar-refractivity contribution in [1.29, 1.82) is 0 Å². The zero-order chi connectivity index (χ0) is 26.5. The van der Waals surface area contributed by atoms with Crippen LogP contribution in [0.2, 0.25) is 0 Å². The van der Waals surface area contributed by atoms with Gasteiger partial charge in [-0.25, -0.2) is 9.59 Å². The second-order valence-corrected chi connectivity index (χ2v) is 7.89. The van der Waals surface area contributed by atoms with Crippen LogP contribution < -0.4 is 27.4 Å². The highest BCUT2D eigenvalue weighted by Crippen LogP contribution is 2.08. The van der Waals surface area contributed by atoms with E-state index in [0.29, 0.717) is 11.3 Å². The van der Waals surface area contributed by atoms with Crippen molar-refractivity contribution in [2.24, 2.45) is 5.73 Å². The van der Waals surface area contributed by atoms with E-state index < -0.39 is 48.4 Å². The first-order chi connectivity index (χ1) is 17.1. The van der Waals surface area contributed by atoms with Crippen LogP contribution in [0.4, 0.5) is 10.5 Å². The Hall–Kier alpha value is -4.61. The summed E-state index contributed by atoms with van der Waals surface area (Å²) in [5, 5.41) is 16.4. The summed E-state index contributed by atoms with van der Waals surface area (Å²) >= 11 is 0. The molecule has 1 unspecified atom stereocenters. The minimum atomic E-state index is -1.26. The SMILES string of the molecule is NC(=O)CC[C@H](NC(=O)OCc1ccccc1)C(=O)NCC(=O)NC(Cc1ccc(N)cc1)C(=O)O. The number of aliphatic carboxylic acids is 1. The molecule has 2 rings (SSSR count). The number of hydrogen-bond donors (Lipinski definition) is 6. The van der Waals surface area contributed by atoms with Crippen LogP contribution in [0.5, 0.6) is 0 Å². The van der Waals surface area contributed by atoms with E-state index in [1.165, 1.54) is 0 Å². The normalized spacial score (nSPS) is 12.0. The summed E-state index contributed by atoms with van der Waals surface area (Å²) in [7, 11) is 0. The summed E-state index contributed by atoms with van der Waals surface area (Å²) < 4.78 is 5.09. The Morgan fingerprint density at radius 3 is 2.17 bits per heavy atom. The molecule has 2 atom stereocenters. The standard InChI is InChI=1S/C24H29N5O7/c25-17-8-6-15(7-9-17)12-19(23(33)34)28-21(31)13-27-22(32)18(10-11-20(26)30)29-24(35)36-14-16-4-2-1-3-5-16/h1-9,18-19H,10-14,25H2,(H2,26,30)(H,27,32)(H,28,31)(H,29,35)(H,33,34)/t18-,19?/m0/s1. The molecule has 12 heteroatoms. The molecule has 0 saturated carbocycles. The van der Waals surface area contributed by atoms with Crippen LogP contribution in [0.25, 0.3) is 0 Å². The Morgan fingerprint density at radius 2 is 1.56 bits per heavy atom. The number of carbonyl (C=O) groups is 5. The Balaban J connectivity index is 1.89. The van der Waals surface area contributed by atoms with Crippen molar-refractivity contribution in [3.05, 3.63) is 65.7 Å². The molecular weight excluding hydrogens is 470 g/mol. The predicted molar refractivity (Wildman–Crippen MR) is 129 cm³/mol. The second-order valence-electron chi connectivity index (χ2n) is 7.89. The number of ether oxygens (including phenoxy) is 1. The fourth-order valence-electron chi connectivity index (χ4n) is 3.09. The van der Waals surface area contributed by atoms with Gasteiger partial charge in [-0.2, -0.15) is 0 Å². The highest BCUT2D eigenvalue weighted by molar-refractivity contribution is 5.91. The number of benzene rings is 2. The third-order valence-corrected chi connectivity index (χ3v) is 4.98. The van der Waals surface area contributed by atoms with E-state index in [1.54, 1.807) is 54.6 Å². The number of nitrogens with two attached hydrogens (primary N) is 2. The van der Waals surface area contributed by atoms with Gasteiger partial charge >= 0.3 is 12.1 Å². The van der Waals surface area contributed by atoms with Crippen molar-refractivity contribution in [2.45, 2.75) is 38.0 Å². The van der Waals surface area contributed by atoms with Crippen LogP contribution in [-0.4, -0.2) is 53.5 Å². The first kappa shape index (κ1) is 27.6. The third kappa shape index (κ3) is 10.1. The molecule has 2 aromatic rings. The van der Waals surface area contributed by atoms with Gasteiger partial charge in [0, 0.05) is 18.5 Å². The van der Waals surface area contributed by atoms with Crippen LogP contribution in [0.15, 0.2) is 54.6 Å². The van der Waals surface area contributed by atoms with E-state index in [4.69, 9.17) is 16.2 Å². The van der Waals surface area contributed by atoms with Gasteiger partial charge in [-0.3, -0.25) is 14.4 Å². The number of alkyl carbamates (subject to hydrolysis) is 1. The van der Waals surface area contributed by atoms with Crippen molar-refractivity contribution in [3.8, 4) is 0 Å². The van der Waals surface area contributed by atoms with E-state index in [1.807, 2.05) is 0 Å². The molecule has 0 saturated heterocycles. The van der Waals surface area contributed by atoms with E-state index in [0.717, 1.165) is 5.56 Å². The smallest absolute Gasteiger partial charge is 0.408 e. The lowest BCUT2D eigenvalue weighted by Crippen LogP contribution is -2.51. The molecule has 192 valence electrons. The van der Waals surface area contributed by atoms with Crippen molar-refractivity contribution in [2.75, 3.05) is 12.3 Å². The van der Waals surface area contributed by atoms with Crippen LogP contribution in [0.3, 0.4) is 0 Å². The number of carbonyl (C=O) groups excluding carboxylic acids is 4. The number of carboxylic acids is 1. The molecule has 0 aliphatic carbocycles. The molecular formula is C24H29N5O7. The Morgan fingerprint density at radius 1 is 0.889 bits per heavy atom. The minimum Gasteiger partial charge on any atom is -0.480 e. The van der Waals surface area contributed by atoms with Crippen LogP contribution >= 0.6 is 0 Å². The first-order valence-electron chi connectivity index (χ1n) is 11.0. The van der Waals surface area contributed by atoms with Gasteiger partial charge in [0.25, 0.3) is 0 Å². The third-order valence-electron chi connectivity index (χ3n) is 4.98. The molecule has 0 heterocycles. The lowest BCUT2D eigenvalue weighted by molar-refractivity contribution is -0.141. The van der Waals surface area contributed by atoms with E-state index in [2.05, 4.69) is 16.0 Å². The average Bonchev–Trinajstić information content (AvgIpc) is 2.85. The van der Waals surface area contributed by atoms with Crippen molar-refractivity contribution in [3.63, 3.8) is 0 Å². The molecule has 12 nitrogen and oxygen atoms in total. The molecule has 0 radical (unpaired) electrons. The average molecular weight is 500 g/mol. The molecule has 2 aromatic carbocycles. The highest BCUT2D eigenvalue weighted by Gasteiger charge is 2.24. The van der Waals surface area contributed by atoms with E-state index in [9.17, 15) is 29.1 Å². The summed E-state index contributed by atoms with van der Waals surface area (Å²) in [5.41, 5.74) is 12.6. The fourth-order valence-corrected chi connectivity index (χ4v) is 3.09. The van der Waals surface area contributed by atoms with Gasteiger partial charge in [-0.05, 0) is 29.7 Å².